The number of primary amides is 1. The van der Waals surface area contributed by atoms with Gasteiger partial charge in [0, 0.05) is 14.2 Å². The van der Waals surface area contributed by atoms with Gasteiger partial charge in [0.05, 0.1) is 0 Å². The van der Waals surface area contributed by atoms with Crippen molar-refractivity contribution in [3.63, 3.8) is 0 Å². The predicted molar refractivity (Wildman–Crippen MR) is 46.0 cm³/mol. The monoisotopic (exact) mass is 192 g/mol. The lowest BCUT2D eigenvalue weighted by molar-refractivity contribution is -0.245. The molecule has 3 N–H and O–H groups in total. The molecule has 0 aliphatic rings. The number of rotatable bonds is 6. The summed E-state index contributed by atoms with van der Waals surface area (Å²) in [6, 6.07) is 0. The molecule has 0 rings (SSSR count). The number of carbonyl (C=O) groups excluding carboxylic acids is 1. The topological polar surface area (TPSA) is 82.8 Å². The Bertz CT molecular complexity index is 159. The highest BCUT2D eigenvalue weighted by atomic mass is 16.7. The number of hydrogen-bond donors (Lipinski definition) is 2. The minimum Gasteiger partial charge on any atom is -0.442 e. The summed E-state index contributed by atoms with van der Waals surface area (Å²) >= 11 is 0. The maximum absolute atomic E-state index is 10.3. The van der Waals surface area contributed by atoms with Gasteiger partial charge in [0.1, 0.15) is 0 Å². The van der Waals surface area contributed by atoms with Crippen molar-refractivity contribution in [1.29, 1.82) is 0 Å². The molecule has 0 saturated carbocycles. The van der Waals surface area contributed by atoms with Crippen LogP contribution in [0.3, 0.4) is 0 Å². The molecule has 78 valence electrons. The van der Waals surface area contributed by atoms with Crippen molar-refractivity contribution in [1.82, 2.24) is 5.32 Å². The SMILES string of the molecule is CCNC(COC(N)=O)(OC)OC. The van der Waals surface area contributed by atoms with Crippen LogP contribution in [-0.2, 0) is 14.2 Å². The average molecular weight is 192 g/mol. The fourth-order valence-electron chi connectivity index (χ4n) is 0.832. The van der Waals surface area contributed by atoms with E-state index >= 15 is 0 Å². The van der Waals surface area contributed by atoms with Crippen LogP contribution in [0.5, 0.6) is 0 Å². The quantitative estimate of drug-likeness (QED) is 0.561. The van der Waals surface area contributed by atoms with E-state index in [-0.39, 0.29) is 6.61 Å². The number of carbonyl (C=O) groups is 1. The van der Waals surface area contributed by atoms with E-state index in [9.17, 15) is 4.79 Å². The number of hydrogen-bond acceptors (Lipinski definition) is 5. The lowest BCUT2D eigenvalue weighted by Gasteiger charge is -2.30. The first-order valence-corrected chi connectivity index (χ1v) is 3.87. The van der Waals surface area contributed by atoms with Crippen molar-refractivity contribution in [2.75, 3.05) is 27.4 Å². The Kier molecular flexibility index (Phi) is 5.36. The maximum Gasteiger partial charge on any atom is 0.404 e. The van der Waals surface area contributed by atoms with Gasteiger partial charge in [-0.15, -0.1) is 0 Å². The van der Waals surface area contributed by atoms with Crippen LogP contribution in [0.1, 0.15) is 6.92 Å². The number of nitrogens with two attached hydrogens (primary N) is 1. The second kappa shape index (κ2) is 5.74. The van der Waals surface area contributed by atoms with Gasteiger partial charge in [-0.05, 0) is 6.54 Å². The molecule has 6 heteroatoms. The van der Waals surface area contributed by atoms with Gasteiger partial charge in [0.2, 0.25) is 0 Å². The van der Waals surface area contributed by atoms with Crippen LogP contribution >= 0.6 is 0 Å². The molecule has 0 aromatic carbocycles. The highest BCUT2D eigenvalue weighted by Crippen LogP contribution is 2.06. The van der Waals surface area contributed by atoms with Crippen LogP contribution in [0.2, 0.25) is 0 Å². The first-order valence-electron chi connectivity index (χ1n) is 3.87. The summed E-state index contributed by atoms with van der Waals surface area (Å²) in [5.41, 5.74) is 4.81. The Morgan fingerprint density at radius 1 is 1.46 bits per heavy atom. The number of amides is 1. The van der Waals surface area contributed by atoms with E-state index in [1.165, 1.54) is 14.2 Å². The molecule has 0 atom stereocenters. The summed E-state index contributed by atoms with van der Waals surface area (Å²) in [5, 5.41) is 2.87. The largest absolute Gasteiger partial charge is 0.442 e. The molecule has 0 aromatic rings. The Balaban J connectivity index is 4.12. The fourth-order valence-corrected chi connectivity index (χ4v) is 0.832. The van der Waals surface area contributed by atoms with Crippen molar-refractivity contribution in [3.05, 3.63) is 0 Å². The molecular formula is C7H16N2O4. The Labute approximate surface area is 77.3 Å². The fraction of sp³-hybridized carbons (Fsp3) is 0.857. The predicted octanol–water partition coefficient (Wildman–Crippen LogP) is -0.362. The minimum atomic E-state index is -1.11. The van der Waals surface area contributed by atoms with Crippen molar-refractivity contribution in [2.45, 2.75) is 12.8 Å². The zero-order valence-corrected chi connectivity index (χ0v) is 8.12. The molecule has 0 aliphatic carbocycles. The van der Waals surface area contributed by atoms with Gasteiger partial charge in [-0.3, -0.25) is 5.32 Å². The maximum atomic E-state index is 10.3. The van der Waals surface area contributed by atoms with Gasteiger partial charge >= 0.3 is 6.09 Å². The number of ether oxygens (including phenoxy) is 3. The summed E-state index contributed by atoms with van der Waals surface area (Å²) in [5.74, 6) is -1.11. The van der Waals surface area contributed by atoms with E-state index in [1.54, 1.807) is 0 Å². The molecule has 0 heterocycles. The third-order valence-electron chi connectivity index (χ3n) is 1.51. The molecule has 0 fully saturated rings. The van der Waals surface area contributed by atoms with E-state index in [0.717, 1.165) is 0 Å². The van der Waals surface area contributed by atoms with E-state index in [0.29, 0.717) is 6.54 Å². The number of nitrogens with one attached hydrogen (secondary N) is 1. The van der Waals surface area contributed by atoms with Crippen LogP contribution in [0, 0.1) is 0 Å². The molecule has 6 nitrogen and oxygen atoms in total. The second-order valence-corrected chi connectivity index (χ2v) is 2.30. The standard InChI is InChI=1S/C7H16N2O4/c1-4-9-7(11-2,12-3)5-13-6(8)10/h9H,4-5H2,1-3H3,(H2,8,10). The molecule has 0 saturated heterocycles. The molecule has 13 heavy (non-hydrogen) atoms. The lowest BCUT2D eigenvalue weighted by Crippen LogP contribution is -2.53. The smallest absolute Gasteiger partial charge is 0.404 e. The Hall–Kier alpha value is -0.850. The molecule has 0 spiro atoms. The van der Waals surface area contributed by atoms with E-state index in [2.05, 4.69) is 10.1 Å². The number of methoxy groups -OCH3 is 2. The molecule has 1 amide bonds. The van der Waals surface area contributed by atoms with Crippen molar-refractivity contribution in [2.24, 2.45) is 5.73 Å². The molecule has 0 unspecified atom stereocenters. The highest BCUT2D eigenvalue weighted by molar-refractivity contribution is 5.64. The summed E-state index contributed by atoms with van der Waals surface area (Å²) in [4.78, 5) is 10.3. The Morgan fingerprint density at radius 2 is 2.00 bits per heavy atom. The number of likely N-dealkylation sites (N-methyl/N-ethyl adjacent to an activating group) is 1. The summed E-state index contributed by atoms with van der Waals surface area (Å²) in [6.45, 7) is 2.39. The van der Waals surface area contributed by atoms with Gasteiger partial charge in [-0.25, -0.2) is 4.79 Å². The zero-order valence-electron chi connectivity index (χ0n) is 8.12. The van der Waals surface area contributed by atoms with Gasteiger partial charge < -0.3 is 19.9 Å². The zero-order chi connectivity index (χ0) is 10.3. The first kappa shape index (κ1) is 12.2. The Morgan fingerprint density at radius 3 is 2.31 bits per heavy atom. The van der Waals surface area contributed by atoms with E-state index in [4.69, 9.17) is 15.2 Å². The van der Waals surface area contributed by atoms with Crippen molar-refractivity contribution in [3.8, 4) is 0 Å². The van der Waals surface area contributed by atoms with Crippen LogP contribution < -0.4 is 11.1 Å². The lowest BCUT2D eigenvalue weighted by atomic mass is 10.5. The van der Waals surface area contributed by atoms with E-state index in [1.807, 2.05) is 6.92 Å². The molecule has 0 radical (unpaired) electrons. The van der Waals surface area contributed by atoms with Gasteiger partial charge in [-0.1, -0.05) is 6.92 Å². The molecule has 0 aromatic heterocycles. The van der Waals surface area contributed by atoms with Crippen molar-refractivity contribution >= 4 is 6.09 Å². The van der Waals surface area contributed by atoms with E-state index < -0.39 is 12.0 Å². The van der Waals surface area contributed by atoms with Crippen LogP contribution in [0.4, 0.5) is 4.79 Å². The third kappa shape index (κ3) is 4.07. The summed E-state index contributed by atoms with van der Waals surface area (Å²) in [7, 11) is 2.88. The van der Waals surface area contributed by atoms with Crippen molar-refractivity contribution < 1.29 is 19.0 Å². The normalized spacial score (nSPS) is 11.3. The first-order chi connectivity index (χ1) is 6.10. The van der Waals surface area contributed by atoms with Gasteiger partial charge in [-0.2, -0.15) is 0 Å². The molecule has 0 aliphatic heterocycles. The van der Waals surface area contributed by atoms with Crippen LogP contribution in [-0.4, -0.2) is 39.4 Å². The van der Waals surface area contributed by atoms with Gasteiger partial charge in [0.15, 0.2) is 6.61 Å². The minimum absolute atomic E-state index is 0.0941. The van der Waals surface area contributed by atoms with Crippen LogP contribution in [0.15, 0.2) is 0 Å². The third-order valence-corrected chi connectivity index (χ3v) is 1.51. The second-order valence-electron chi connectivity index (χ2n) is 2.30. The highest BCUT2D eigenvalue weighted by Gasteiger charge is 2.30. The van der Waals surface area contributed by atoms with Gasteiger partial charge in [0.25, 0.3) is 5.91 Å². The summed E-state index contributed by atoms with van der Waals surface area (Å²) in [6.07, 6.45) is -0.864. The van der Waals surface area contributed by atoms with Crippen LogP contribution in [0.25, 0.3) is 0 Å². The molecular weight excluding hydrogens is 176 g/mol. The molecule has 0 bridgehead atoms. The average Bonchev–Trinajstić information content (AvgIpc) is 2.12. The summed E-state index contributed by atoms with van der Waals surface area (Å²) < 4.78 is 14.6.